The maximum atomic E-state index is 13.0. The molecule has 0 amide bonds. The van der Waals surface area contributed by atoms with Gasteiger partial charge in [0.2, 0.25) is 0 Å². The van der Waals surface area contributed by atoms with Gasteiger partial charge in [-0.15, -0.1) is 0 Å². The van der Waals surface area contributed by atoms with Gasteiger partial charge in [0.25, 0.3) is 0 Å². The van der Waals surface area contributed by atoms with Crippen LogP contribution in [0.1, 0.15) is 141 Å². The molecule has 0 aliphatic carbocycles. The van der Waals surface area contributed by atoms with Gasteiger partial charge in [0, 0.05) is 91.4 Å². The average Bonchev–Trinajstić information content (AvgIpc) is 2.77. The zero-order chi connectivity index (χ0) is 34.8. The standard InChI is InChI=1S/C36H66N4O6/c1-31(2)19-25(20-32(3,4)37-31)44-28(41)13-16-40(17-14-29(42)45-26-21-33(5,6)38-34(7,8)22-26)18-15-30(43)46-27-23-35(9,10)39-36(11,12)24-27/h25-27,37-39H,13-24H2,1-12H3. The van der Waals surface area contributed by atoms with Crippen molar-refractivity contribution in [2.24, 2.45) is 0 Å². The maximum absolute atomic E-state index is 13.0. The van der Waals surface area contributed by atoms with Crippen LogP contribution in [-0.2, 0) is 28.6 Å². The lowest BCUT2D eigenvalue weighted by atomic mass is 9.81. The summed E-state index contributed by atoms with van der Waals surface area (Å²) < 4.78 is 17.8. The fourth-order valence-electron chi connectivity index (χ4n) is 8.75. The van der Waals surface area contributed by atoms with Crippen LogP contribution in [0, 0.1) is 0 Å². The third-order valence-corrected chi connectivity index (χ3v) is 9.25. The Hall–Kier alpha value is -1.75. The number of hydrogen-bond acceptors (Lipinski definition) is 10. The summed E-state index contributed by atoms with van der Waals surface area (Å²) in [5.41, 5.74) is -0.767. The Morgan fingerprint density at radius 3 is 0.848 bits per heavy atom. The molecule has 3 saturated heterocycles. The van der Waals surface area contributed by atoms with Crippen LogP contribution in [0.15, 0.2) is 0 Å². The first-order valence-electron chi connectivity index (χ1n) is 17.5. The number of carbonyl (C=O) groups is 3. The van der Waals surface area contributed by atoms with Crippen LogP contribution in [0.3, 0.4) is 0 Å². The SMILES string of the molecule is CC1(C)CC(OC(=O)CCN(CCC(=O)OC2CC(C)(C)NC(C)(C)C2)CCC(=O)OC2CC(C)(C)NC(C)(C)C2)CC(C)(C)N1. The van der Waals surface area contributed by atoms with E-state index in [1.807, 2.05) is 4.90 Å². The Morgan fingerprint density at radius 1 is 0.457 bits per heavy atom. The molecule has 3 aliphatic rings. The van der Waals surface area contributed by atoms with E-state index in [0.717, 1.165) is 38.5 Å². The molecule has 266 valence electrons. The van der Waals surface area contributed by atoms with Gasteiger partial charge in [-0.1, -0.05) is 0 Å². The van der Waals surface area contributed by atoms with E-state index < -0.39 is 0 Å². The predicted octanol–water partition coefficient (Wildman–Crippen LogP) is 5.02. The highest BCUT2D eigenvalue weighted by Gasteiger charge is 2.41. The summed E-state index contributed by atoms with van der Waals surface area (Å²) >= 11 is 0. The first-order chi connectivity index (χ1) is 20.8. The Kier molecular flexibility index (Phi) is 12.1. The highest BCUT2D eigenvalue weighted by molar-refractivity contribution is 5.71. The van der Waals surface area contributed by atoms with Crippen molar-refractivity contribution in [3.05, 3.63) is 0 Å². The molecule has 0 radical (unpaired) electrons. The van der Waals surface area contributed by atoms with Crippen molar-refractivity contribution >= 4 is 17.9 Å². The topological polar surface area (TPSA) is 118 Å². The van der Waals surface area contributed by atoms with E-state index >= 15 is 0 Å². The summed E-state index contributed by atoms with van der Waals surface area (Å²) in [6, 6.07) is 0. The van der Waals surface area contributed by atoms with Crippen LogP contribution in [-0.4, -0.2) is 94.0 Å². The van der Waals surface area contributed by atoms with E-state index in [2.05, 4.69) is 99.0 Å². The molecule has 0 aromatic rings. The average molecular weight is 651 g/mol. The Balaban J connectivity index is 1.57. The van der Waals surface area contributed by atoms with E-state index in [-0.39, 0.29) is 88.7 Å². The molecule has 0 aromatic heterocycles. The molecule has 3 fully saturated rings. The van der Waals surface area contributed by atoms with Crippen molar-refractivity contribution in [3.8, 4) is 0 Å². The largest absolute Gasteiger partial charge is 0.462 e. The van der Waals surface area contributed by atoms with Crippen molar-refractivity contribution < 1.29 is 28.6 Å². The molecule has 10 heteroatoms. The normalized spacial score (nSPS) is 25.5. The third-order valence-electron chi connectivity index (χ3n) is 9.25. The van der Waals surface area contributed by atoms with E-state index in [0.29, 0.717) is 19.6 Å². The zero-order valence-corrected chi connectivity index (χ0v) is 31.1. The molecule has 0 aromatic carbocycles. The molecular formula is C36H66N4O6. The molecule has 0 unspecified atom stereocenters. The molecule has 0 bridgehead atoms. The molecule has 46 heavy (non-hydrogen) atoms. The van der Waals surface area contributed by atoms with Crippen molar-refractivity contribution in [2.75, 3.05) is 19.6 Å². The Bertz CT molecular complexity index is 901. The quantitative estimate of drug-likeness (QED) is 0.196. The zero-order valence-electron chi connectivity index (χ0n) is 31.1. The predicted molar refractivity (Wildman–Crippen MR) is 182 cm³/mol. The first-order valence-corrected chi connectivity index (χ1v) is 17.5. The third kappa shape index (κ3) is 13.4. The van der Waals surface area contributed by atoms with E-state index in [9.17, 15) is 14.4 Å². The summed E-state index contributed by atoms with van der Waals surface area (Å²) in [5, 5.41) is 10.9. The highest BCUT2D eigenvalue weighted by atomic mass is 16.6. The molecule has 3 N–H and O–H groups in total. The second-order valence-electron chi connectivity index (χ2n) is 18.3. The van der Waals surface area contributed by atoms with Crippen LogP contribution < -0.4 is 16.0 Å². The van der Waals surface area contributed by atoms with E-state index in [1.165, 1.54) is 0 Å². The van der Waals surface area contributed by atoms with Gasteiger partial charge in [0.1, 0.15) is 18.3 Å². The minimum Gasteiger partial charge on any atom is -0.462 e. The van der Waals surface area contributed by atoms with Crippen molar-refractivity contribution in [2.45, 2.75) is 192 Å². The second-order valence-corrected chi connectivity index (χ2v) is 18.3. The lowest BCUT2D eigenvalue weighted by molar-refractivity contribution is -0.153. The number of hydrogen-bond donors (Lipinski definition) is 3. The van der Waals surface area contributed by atoms with Gasteiger partial charge in [0.05, 0.1) is 19.3 Å². The van der Waals surface area contributed by atoms with Crippen LogP contribution in [0.25, 0.3) is 0 Å². The van der Waals surface area contributed by atoms with Gasteiger partial charge >= 0.3 is 17.9 Å². The molecular weight excluding hydrogens is 584 g/mol. The summed E-state index contributed by atoms with van der Waals surface area (Å²) in [5.74, 6) is -0.772. The van der Waals surface area contributed by atoms with Crippen molar-refractivity contribution in [3.63, 3.8) is 0 Å². The van der Waals surface area contributed by atoms with E-state index in [4.69, 9.17) is 14.2 Å². The van der Waals surface area contributed by atoms with Crippen molar-refractivity contribution in [1.82, 2.24) is 20.9 Å². The number of ether oxygens (including phenoxy) is 3. The van der Waals surface area contributed by atoms with Crippen LogP contribution in [0.5, 0.6) is 0 Å². The molecule has 10 nitrogen and oxygen atoms in total. The molecule has 0 spiro atoms. The summed E-state index contributed by atoms with van der Waals surface area (Å²) in [4.78, 5) is 41.0. The Morgan fingerprint density at radius 2 is 0.652 bits per heavy atom. The number of nitrogens with one attached hydrogen (secondary N) is 3. The number of nitrogens with zero attached hydrogens (tertiary/aromatic N) is 1. The number of piperidine rings is 3. The van der Waals surface area contributed by atoms with Crippen LogP contribution in [0.2, 0.25) is 0 Å². The van der Waals surface area contributed by atoms with Crippen LogP contribution >= 0.6 is 0 Å². The molecule has 3 heterocycles. The van der Waals surface area contributed by atoms with Gasteiger partial charge in [0.15, 0.2) is 0 Å². The molecule has 3 rings (SSSR count). The summed E-state index contributed by atoms with van der Waals surface area (Å²) in [6.07, 6.45) is 4.56. The Labute approximate surface area is 279 Å². The minimum atomic E-state index is -0.257. The lowest BCUT2D eigenvalue weighted by Crippen LogP contribution is -2.59. The number of rotatable bonds is 12. The van der Waals surface area contributed by atoms with Gasteiger partial charge < -0.3 is 35.1 Å². The number of carbonyl (C=O) groups excluding carboxylic acids is 3. The highest BCUT2D eigenvalue weighted by Crippen LogP contribution is 2.33. The fraction of sp³-hybridized carbons (Fsp3) is 0.917. The summed E-state index contributed by atoms with van der Waals surface area (Å²) in [6.45, 7) is 26.7. The molecule has 3 aliphatic heterocycles. The van der Waals surface area contributed by atoms with Crippen molar-refractivity contribution in [1.29, 1.82) is 0 Å². The van der Waals surface area contributed by atoms with Crippen LogP contribution in [0.4, 0.5) is 0 Å². The van der Waals surface area contributed by atoms with Gasteiger partial charge in [-0.2, -0.15) is 0 Å². The second kappa shape index (κ2) is 14.4. The first kappa shape index (κ1) is 38.7. The smallest absolute Gasteiger partial charge is 0.307 e. The number of esters is 3. The van der Waals surface area contributed by atoms with Gasteiger partial charge in [-0.25, -0.2) is 0 Å². The lowest BCUT2D eigenvalue weighted by Gasteiger charge is -2.45. The monoisotopic (exact) mass is 650 g/mol. The minimum absolute atomic E-state index is 0.128. The summed E-state index contributed by atoms with van der Waals surface area (Å²) in [7, 11) is 0. The maximum Gasteiger partial charge on any atom is 0.307 e. The van der Waals surface area contributed by atoms with E-state index in [1.54, 1.807) is 0 Å². The molecule has 0 saturated carbocycles. The van der Waals surface area contributed by atoms with Gasteiger partial charge in [-0.3, -0.25) is 14.4 Å². The molecule has 0 atom stereocenters. The fourth-order valence-corrected chi connectivity index (χ4v) is 8.75. The van der Waals surface area contributed by atoms with Gasteiger partial charge in [-0.05, 0) is 83.1 Å².